The first-order valence-electron chi connectivity index (χ1n) is 10.2. The molecular weight excluding hydrogens is 454 g/mol. The molecule has 2 aromatic carbocycles. The van der Waals surface area contributed by atoms with Crippen molar-refractivity contribution in [3.8, 4) is 17.0 Å². The number of aryl methyl sites for hydroxylation is 1. The van der Waals surface area contributed by atoms with Crippen molar-refractivity contribution in [1.82, 2.24) is 9.55 Å². The quantitative estimate of drug-likeness (QED) is 0.251. The van der Waals surface area contributed by atoms with Crippen LogP contribution in [0.25, 0.3) is 27.2 Å². The molecule has 164 valence electrons. The second-order valence-corrected chi connectivity index (χ2v) is 9.11. The molecule has 5 rings (SSSR count). The molecule has 0 aliphatic heterocycles. The van der Waals surface area contributed by atoms with E-state index in [0.717, 1.165) is 17.0 Å². The number of hydrogen-bond donors (Lipinski definition) is 1. The maximum Gasteiger partial charge on any atom is 0.268 e. The number of carbonyl (C=O) groups excluding carboxylic acids is 1. The Hall–Kier alpha value is -3.62. The predicted octanol–water partition coefficient (Wildman–Crippen LogP) is 5.75. The fraction of sp³-hybridized carbons (Fsp3) is 0.0800. The summed E-state index contributed by atoms with van der Waals surface area (Å²) in [5, 5.41) is 5.73. The van der Waals surface area contributed by atoms with Crippen molar-refractivity contribution in [1.29, 1.82) is 0 Å². The summed E-state index contributed by atoms with van der Waals surface area (Å²) in [4.78, 5) is 31.6. The van der Waals surface area contributed by atoms with Gasteiger partial charge in [-0.05, 0) is 43.3 Å². The van der Waals surface area contributed by atoms with E-state index in [0.29, 0.717) is 26.8 Å². The summed E-state index contributed by atoms with van der Waals surface area (Å²) in [6.07, 6.45) is 0. The van der Waals surface area contributed by atoms with Gasteiger partial charge < -0.3 is 9.73 Å². The van der Waals surface area contributed by atoms with Gasteiger partial charge in [-0.25, -0.2) is 4.98 Å². The van der Waals surface area contributed by atoms with Crippen molar-refractivity contribution in [3.05, 3.63) is 94.3 Å². The topological polar surface area (TPSA) is 77.1 Å². The Kier molecular flexibility index (Phi) is 5.85. The van der Waals surface area contributed by atoms with Gasteiger partial charge in [0, 0.05) is 16.6 Å². The zero-order valence-electron chi connectivity index (χ0n) is 17.6. The van der Waals surface area contributed by atoms with Gasteiger partial charge in [-0.1, -0.05) is 48.2 Å². The summed E-state index contributed by atoms with van der Waals surface area (Å²) in [5.41, 5.74) is 1.95. The molecule has 3 heterocycles. The minimum Gasteiger partial charge on any atom is -0.461 e. The number of rotatable bonds is 6. The first-order valence-corrected chi connectivity index (χ1v) is 12.1. The average molecular weight is 474 g/mol. The van der Waals surface area contributed by atoms with E-state index in [1.54, 1.807) is 4.57 Å². The van der Waals surface area contributed by atoms with Crippen LogP contribution < -0.4 is 10.9 Å². The number of benzene rings is 2. The fourth-order valence-electron chi connectivity index (χ4n) is 3.48. The number of anilines is 1. The van der Waals surface area contributed by atoms with Gasteiger partial charge in [0.25, 0.3) is 5.56 Å². The van der Waals surface area contributed by atoms with Crippen LogP contribution in [0.3, 0.4) is 0 Å². The van der Waals surface area contributed by atoms with E-state index in [2.05, 4.69) is 5.32 Å². The number of nitrogens with zero attached hydrogens (tertiary/aromatic N) is 2. The number of furan rings is 1. The second kappa shape index (κ2) is 9.09. The Balaban J connectivity index is 1.55. The molecule has 6 nitrogen and oxygen atoms in total. The first kappa shape index (κ1) is 21.2. The highest BCUT2D eigenvalue weighted by molar-refractivity contribution is 7.99. The van der Waals surface area contributed by atoms with E-state index in [1.165, 1.54) is 23.1 Å². The molecule has 0 bridgehead atoms. The SMILES string of the molecule is Cc1ccc(-c2csc3nc(SCC(=O)Nc4ccccc4)n(-c4ccccc4)c(=O)c23)o1. The van der Waals surface area contributed by atoms with Crippen molar-refractivity contribution >= 4 is 44.9 Å². The lowest BCUT2D eigenvalue weighted by molar-refractivity contribution is -0.113. The predicted molar refractivity (Wildman–Crippen MR) is 133 cm³/mol. The van der Waals surface area contributed by atoms with Gasteiger partial charge in [-0.2, -0.15) is 0 Å². The van der Waals surface area contributed by atoms with Crippen LogP contribution in [0.5, 0.6) is 0 Å². The maximum atomic E-state index is 13.7. The highest BCUT2D eigenvalue weighted by Gasteiger charge is 2.20. The van der Waals surface area contributed by atoms with E-state index in [-0.39, 0.29) is 17.2 Å². The van der Waals surface area contributed by atoms with E-state index in [4.69, 9.17) is 9.40 Å². The molecule has 0 spiro atoms. The van der Waals surface area contributed by atoms with Gasteiger partial charge in [-0.15, -0.1) is 11.3 Å². The molecule has 1 N–H and O–H groups in total. The summed E-state index contributed by atoms with van der Waals surface area (Å²) in [5.74, 6) is 1.37. The lowest BCUT2D eigenvalue weighted by Gasteiger charge is -2.12. The summed E-state index contributed by atoms with van der Waals surface area (Å²) >= 11 is 2.62. The number of hydrogen-bond acceptors (Lipinski definition) is 6. The second-order valence-electron chi connectivity index (χ2n) is 7.31. The Morgan fingerprint density at radius 1 is 1.06 bits per heavy atom. The Morgan fingerprint density at radius 3 is 2.48 bits per heavy atom. The van der Waals surface area contributed by atoms with Crippen LogP contribution in [-0.2, 0) is 4.79 Å². The van der Waals surface area contributed by atoms with Gasteiger partial charge >= 0.3 is 0 Å². The first-order chi connectivity index (χ1) is 16.1. The largest absolute Gasteiger partial charge is 0.461 e. The minimum atomic E-state index is -0.192. The molecule has 0 aliphatic rings. The zero-order valence-corrected chi connectivity index (χ0v) is 19.3. The van der Waals surface area contributed by atoms with Crippen LogP contribution in [0, 0.1) is 6.92 Å². The van der Waals surface area contributed by atoms with Crippen LogP contribution in [0.2, 0.25) is 0 Å². The summed E-state index contributed by atoms with van der Waals surface area (Å²) in [7, 11) is 0. The van der Waals surface area contributed by atoms with Crippen molar-refractivity contribution < 1.29 is 9.21 Å². The number of thioether (sulfide) groups is 1. The standard InChI is InChI=1S/C25H19N3O3S2/c1-16-12-13-20(31-16)19-14-32-23-22(19)24(30)28(18-10-6-3-7-11-18)25(27-23)33-15-21(29)26-17-8-4-2-5-9-17/h2-14H,15H2,1H3,(H,26,29). The number of nitrogens with one attached hydrogen (secondary N) is 1. The molecule has 0 aliphatic carbocycles. The Labute approximate surface area is 197 Å². The number of fused-ring (bicyclic) bond motifs is 1. The minimum absolute atomic E-state index is 0.120. The van der Waals surface area contributed by atoms with Crippen LogP contribution in [0.4, 0.5) is 5.69 Å². The number of amides is 1. The third kappa shape index (κ3) is 4.35. The molecule has 5 aromatic rings. The van der Waals surface area contributed by atoms with E-state index < -0.39 is 0 Å². The maximum absolute atomic E-state index is 13.7. The number of aromatic nitrogens is 2. The summed E-state index contributed by atoms with van der Waals surface area (Å²) < 4.78 is 7.34. The van der Waals surface area contributed by atoms with Crippen LogP contribution >= 0.6 is 23.1 Å². The van der Waals surface area contributed by atoms with E-state index in [9.17, 15) is 9.59 Å². The smallest absolute Gasteiger partial charge is 0.268 e. The Bertz CT molecular complexity index is 1490. The number of carbonyl (C=O) groups is 1. The fourth-order valence-corrected chi connectivity index (χ4v) is 5.26. The van der Waals surface area contributed by atoms with Gasteiger partial charge in [-0.3, -0.25) is 14.2 Å². The van der Waals surface area contributed by atoms with Gasteiger partial charge in [0.15, 0.2) is 5.16 Å². The van der Waals surface area contributed by atoms with Gasteiger partial charge in [0.2, 0.25) is 5.91 Å². The molecule has 0 radical (unpaired) electrons. The zero-order chi connectivity index (χ0) is 22.8. The van der Waals surface area contributed by atoms with Crippen molar-refractivity contribution in [2.45, 2.75) is 12.1 Å². The van der Waals surface area contributed by atoms with Gasteiger partial charge in [0.05, 0.1) is 16.8 Å². The lowest BCUT2D eigenvalue weighted by atomic mass is 10.2. The summed E-state index contributed by atoms with van der Waals surface area (Å²) in [6, 6.07) is 22.3. The average Bonchev–Trinajstić information content (AvgIpc) is 3.45. The lowest BCUT2D eigenvalue weighted by Crippen LogP contribution is -2.22. The normalized spacial score (nSPS) is 11.1. The summed E-state index contributed by atoms with van der Waals surface area (Å²) in [6.45, 7) is 1.87. The van der Waals surface area contributed by atoms with E-state index >= 15 is 0 Å². The van der Waals surface area contributed by atoms with Crippen molar-refractivity contribution in [2.75, 3.05) is 11.1 Å². The van der Waals surface area contributed by atoms with Gasteiger partial charge in [0.1, 0.15) is 16.4 Å². The van der Waals surface area contributed by atoms with Crippen molar-refractivity contribution in [3.63, 3.8) is 0 Å². The molecule has 8 heteroatoms. The number of thiophene rings is 1. The third-order valence-corrected chi connectivity index (χ3v) is 6.80. The molecule has 1 amide bonds. The monoisotopic (exact) mass is 473 g/mol. The molecule has 0 fully saturated rings. The van der Waals surface area contributed by atoms with Crippen molar-refractivity contribution in [2.24, 2.45) is 0 Å². The third-order valence-electron chi connectivity index (χ3n) is 4.99. The van der Waals surface area contributed by atoms with Crippen LogP contribution in [0.1, 0.15) is 5.76 Å². The molecule has 0 saturated carbocycles. The molecule has 0 atom stereocenters. The molecular formula is C25H19N3O3S2. The van der Waals surface area contributed by atoms with E-state index in [1.807, 2.05) is 85.1 Å². The number of para-hydroxylation sites is 2. The van der Waals surface area contributed by atoms with Crippen LogP contribution in [0.15, 0.2) is 92.5 Å². The highest BCUT2D eigenvalue weighted by atomic mass is 32.2. The highest BCUT2D eigenvalue weighted by Crippen LogP contribution is 2.33. The molecule has 0 saturated heterocycles. The van der Waals surface area contributed by atoms with Crippen LogP contribution in [-0.4, -0.2) is 21.2 Å². The molecule has 3 aromatic heterocycles. The Morgan fingerprint density at radius 2 is 1.79 bits per heavy atom. The molecule has 33 heavy (non-hydrogen) atoms. The molecule has 0 unspecified atom stereocenters.